The zero-order valence-corrected chi connectivity index (χ0v) is 11.5. The van der Waals surface area contributed by atoms with E-state index in [2.05, 4.69) is 4.72 Å². The van der Waals surface area contributed by atoms with Crippen LogP contribution in [-0.4, -0.2) is 39.7 Å². The third kappa shape index (κ3) is 5.48. The molecule has 0 spiro atoms. The standard InChI is InChI=1S/C10H15NO5S2/c1-17(13,14)6-7-18(15,16)11-8-9-4-2-3-5-10(9)12/h2-5,11-12H,6-8H2,1H3. The average molecular weight is 293 g/mol. The number of phenolic OH excluding ortho intramolecular Hbond substituents is 1. The molecule has 2 N–H and O–H groups in total. The Hall–Kier alpha value is -1.12. The van der Waals surface area contributed by atoms with Gasteiger partial charge in [0.15, 0.2) is 0 Å². The fourth-order valence-corrected chi connectivity index (χ4v) is 3.79. The Labute approximate surface area is 107 Å². The molecule has 0 atom stereocenters. The number of para-hydroxylation sites is 1. The fourth-order valence-electron chi connectivity index (χ4n) is 1.18. The molecule has 0 unspecified atom stereocenters. The van der Waals surface area contributed by atoms with Crippen molar-refractivity contribution in [3.05, 3.63) is 29.8 Å². The summed E-state index contributed by atoms with van der Waals surface area (Å²) >= 11 is 0. The molecule has 102 valence electrons. The first-order valence-corrected chi connectivity index (χ1v) is 8.83. The first-order valence-electron chi connectivity index (χ1n) is 5.11. The molecule has 0 radical (unpaired) electrons. The van der Waals surface area contributed by atoms with Crippen LogP contribution in [0.25, 0.3) is 0 Å². The number of hydrogen-bond donors (Lipinski definition) is 2. The number of nitrogens with one attached hydrogen (secondary N) is 1. The molecule has 0 heterocycles. The van der Waals surface area contributed by atoms with Crippen molar-refractivity contribution in [2.45, 2.75) is 6.54 Å². The maximum atomic E-state index is 11.5. The molecule has 0 aliphatic carbocycles. The number of sulfonamides is 1. The monoisotopic (exact) mass is 293 g/mol. The smallest absolute Gasteiger partial charge is 0.212 e. The molecule has 0 saturated carbocycles. The summed E-state index contributed by atoms with van der Waals surface area (Å²) in [5.74, 6) is -0.925. The van der Waals surface area contributed by atoms with Crippen LogP contribution in [0, 0.1) is 0 Å². The maximum absolute atomic E-state index is 11.5. The van der Waals surface area contributed by atoms with E-state index in [1.165, 1.54) is 6.07 Å². The fraction of sp³-hybridized carbons (Fsp3) is 0.400. The molecule has 8 heteroatoms. The molecule has 0 aliphatic rings. The molecule has 0 aromatic heterocycles. The number of sulfone groups is 1. The van der Waals surface area contributed by atoms with Gasteiger partial charge in [-0.3, -0.25) is 0 Å². The predicted molar refractivity (Wildman–Crippen MR) is 68.4 cm³/mol. The van der Waals surface area contributed by atoms with Gasteiger partial charge in [-0.25, -0.2) is 21.6 Å². The number of benzene rings is 1. The van der Waals surface area contributed by atoms with E-state index in [0.717, 1.165) is 6.26 Å². The number of phenols is 1. The second-order valence-electron chi connectivity index (χ2n) is 3.90. The summed E-state index contributed by atoms with van der Waals surface area (Å²) in [7, 11) is -6.99. The van der Waals surface area contributed by atoms with Crippen LogP contribution in [-0.2, 0) is 26.4 Å². The summed E-state index contributed by atoms with van der Waals surface area (Å²) in [6, 6.07) is 6.31. The lowest BCUT2D eigenvalue weighted by Crippen LogP contribution is -2.29. The van der Waals surface area contributed by atoms with Crippen molar-refractivity contribution in [2.24, 2.45) is 0 Å². The van der Waals surface area contributed by atoms with Gasteiger partial charge in [0.05, 0.1) is 11.5 Å². The van der Waals surface area contributed by atoms with Gasteiger partial charge in [0, 0.05) is 18.4 Å². The van der Waals surface area contributed by atoms with Gasteiger partial charge in [0.2, 0.25) is 10.0 Å². The SMILES string of the molecule is CS(=O)(=O)CCS(=O)(=O)NCc1ccccc1O. The van der Waals surface area contributed by atoms with E-state index >= 15 is 0 Å². The lowest BCUT2D eigenvalue weighted by Gasteiger charge is -2.07. The van der Waals surface area contributed by atoms with Crippen molar-refractivity contribution >= 4 is 19.9 Å². The molecule has 1 rings (SSSR count). The first kappa shape index (κ1) is 14.9. The molecule has 0 aliphatic heterocycles. The van der Waals surface area contributed by atoms with Crippen molar-refractivity contribution in [3.8, 4) is 5.75 Å². The quantitative estimate of drug-likeness (QED) is 0.760. The molecule has 0 bridgehead atoms. The van der Waals surface area contributed by atoms with Gasteiger partial charge in [-0.1, -0.05) is 18.2 Å². The van der Waals surface area contributed by atoms with Crippen LogP contribution in [0.15, 0.2) is 24.3 Å². The van der Waals surface area contributed by atoms with E-state index in [4.69, 9.17) is 0 Å². The molecule has 1 aromatic rings. The van der Waals surface area contributed by atoms with Crippen molar-refractivity contribution in [1.82, 2.24) is 4.72 Å². The summed E-state index contributed by atoms with van der Waals surface area (Å²) in [5.41, 5.74) is 0.431. The predicted octanol–water partition coefficient (Wildman–Crippen LogP) is -0.144. The Bertz CT molecular complexity index is 607. The minimum absolute atomic E-state index is 0.0108. The minimum atomic E-state index is -3.67. The Morgan fingerprint density at radius 3 is 2.28 bits per heavy atom. The largest absolute Gasteiger partial charge is 0.508 e. The highest BCUT2D eigenvalue weighted by molar-refractivity contribution is 7.93. The van der Waals surface area contributed by atoms with Gasteiger partial charge in [0.25, 0.3) is 0 Å². The number of aromatic hydroxyl groups is 1. The van der Waals surface area contributed by atoms with E-state index in [0.29, 0.717) is 5.56 Å². The topological polar surface area (TPSA) is 101 Å². The van der Waals surface area contributed by atoms with Gasteiger partial charge < -0.3 is 5.11 Å². The summed E-state index contributed by atoms with van der Waals surface area (Å²) < 4.78 is 47.0. The van der Waals surface area contributed by atoms with Crippen LogP contribution in [0.4, 0.5) is 0 Å². The molecular formula is C10H15NO5S2. The van der Waals surface area contributed by atoms with Crippen molar-refractivity contribution < 1.29 is 21.9 Å². The van der Waals surface area contributed by atoms with Crippen molar-refractivity contribution in [2.75, 3.05) is 17.8 Å². The van der Waals surface area contributed by atoms with Crippen LogP contribution in [0.1, 0.15) is 5.56 Å². The maximum Gasteiger partial charge on any atom is 0.212 e. The highest BCUT2D eigenvalue weighted by Gasteiger charge is 2.14. The second kappa shape index (κ2) is 5.68. The van der Waals surface area contributed by atoms with Crippen LogP contribution in [0.5, 0.6) is 5.75 Å². The molecule has 0 fully saturated rings. The Morgan fingerprint density at radius 2 is 1.72 bits per heavy atom. The van der Waals surface area contributed by atoms with E-state index in [1.54, 1.807) is 18.2 Å². The van der Waals surface area contributed by atoms with Crippen LogP contribution >= 0.6 is 0 Å². The molecule has 0 saturated heterocycles. The highest BCUT2D eigenvalue weighted by Crippen LogP contribution is 2.15. The van der Waals surface area contributed by atoms with Crippen molar-refractivity contribution in [3.63, 3.8) is 0 Å². The Balaban J connectivity index is 2.60. The van der Waals surface area contributed by atoms with Crippen molar-refractivity contribution in [1.29, 1.82) is 0 Å². The van der Waals surface area contributed by atoms with Gasteiger partial charge >= 0.3 is 0 Å². The van der Waals surface area contributed by atoms with Gasteiger partial charge in [-0.05, 0) is 6.07 Å². The Morgan fingerprint density at radius 1 is 1.11 bits per heavy atom. The summed E-state index contributed by atoms with van der Waals surface area (Å²) in [6.07, 6.45) is 0.978. The molecule has 0 amide bonds. The summed E-state index contributed by atoms with van der Waals surface area (Å²) in [6.45, 7) is -0.0707. The minimum Gasteiger partial charge on any atom is -0.508 e. The highest BCUT2D eigenvalue weighted by atomic mass is 32.2. The average Bonchev–Trinajstić information content (AvgIpc) is 2.25. The summed E-state index contributed by atoms with van der Waals surface area (Å²) in [4.78, 5) is 0. The van der Waals surface area contributed by atoms with E-state index in [-0.39, 0.29) is 12.3 Å². The zero-order valence-electron chi connectivity index (χ0n) is 9.83. The number of hydrogen-bond acceptors (Lipinski definition) is 5. The van der Waals surface area contributed by atoms with Crippen LogP contribution in [0.2, 0.25) is 0 Å². The molecule has 6 nitrogen and oxygen atoms in total. The van der Waals surface area contributed by atoms with Crippen LogP contribution < -0.4 is 4.72 Å². The zero-order chi connectivity index (χ0) is 13.8. The second-order valence-corrected chi connectivity index (χ2v) is 8.08. The number of rotatable bonds is 6. The lowest BCUT2D eigenvalue weighted by atomic mass is 10.2. The Kier molecular flexibility index (Phi) is 4.71. The normalized spacial score (nSPS) is 12.5. The van der Waals surface area contributed by atoms with E-state index in [9.17, 15) is 21.9 Å². The van der Waals surface area contributed by atoms with Gasteiger partial charge in [-0.15, -0.1) is 0 Å². The summed E-state index contributed by atoms with van der Waals surface area (Å²) in [5, 5.41) is 9.44. The van der Waals surface area contributed by atoms with Gasteiger partial charge in [-0.2, -0.15) is 0 Å². The lowest BCUT2D eigenvalue weighted by molar-refractivity contribution is 0.467. The van der Waals surface area contributed by atoms with E-state index < -0.39 is 31.4 Å². The molecule has 1 aromatic carbocycles. The van der Waals surface area contributed by atoms with Crippen LogP contribution in [0.3, 0.4) is 0 Å². The first-order chi connectivity index (χ1) is 8.20. The third-order valence-electron chi connectivity index (χ3n) is 2.20. The molecule has 18 heavy (non-hydrogen) atoms. The van der Waals surface area contributed by atoms with E-state index in [1.807, 2.05) is 0 Å². The third-order valence-corrected chi connectivity index (χ3v) is 4.73. The molecular weight excluding hydrogens is 278 g/mol. The van der Waals surface area contributed by atoms with Gasteiger partial charge in [0.1, 0.15) is 15.6 Å².